The van der Waals surface area contributed by atoms with Gasteiger partial charge in [-0.25, -0.2) is 0 Å². The number of ether oxygens (including phenoxy) is 1. The summed E-state index contributed by atoms with van der Waals surface area (Å²) < 4.78 is 7.32. The number of benzene rings is 2. The Labute approximate surface area is 172 Å². The zero-order valence-corrected chi connectivity index (χ0v) is 16.8. The zero-order valence-electron chi connectivity index (χ0n) is 16.0. The molecule has 0 radical (unpaired) electrons. The Balaban J connectivity index is 1.86. The number of amides is 1. The van der Waals surface area contributed by atoms with Gasteiger partial charge < -0.3 is 10.1 Å². The second-order valence-corrected chi connectivity index (χ2v) is 7.08. The molecule has 3 rings (SSSR count). The van der Waals surface area contributed by atoms with E-state index in [1.54, 1.807) is 37.5 Å². The van der Waals surface area contributed by atoms with Crippen LogP contribution < -0.4 is 10.1 Å². The molecule has 2 aromatic carbocycles. The Kier molecular flexibility index (Phi) is 5.84. The molecular weight excluding hydrogens is 396 g/mol. The monoisotopic (exact) mass is 414 g/mol. The smallest absolute Gasteiger partial charge is 0.275 e. The first kappa shape index (κ1) is 20.3. The van der Waals surface area contributed by atoms with Gasteiger partial charge in [0.1, 0.15) is 17.5 Å². The molecule has 8 nitrogen and oxygen atoms in total. The minimum atomic E-state index is -0.592. The van der Waals surface area contributed by atoms with Gasteiger partial charge in [0.25, 0.3) is 5.69 Å². The highest BCUT2D eigenvalue weighted by atomic mass is 35.5. The van der Waals surface area contributed by atoms with E-state index in [1.807, 2.05) is 13.8 Å². The number of anilines is 1. The lowest BCUT2D eigenvalue weighted by Crippen LogP contribution is -2.24. The molecule has 0 bridgehead atoms. The van der Waals surface area contributed by atoms with Crippen LogP contribution in [0, 0.1) is 24.0 Å². The highest BCUT2D eigenvalue weighted by Gasteiger charge is 2.18. The van der Waals surface area contributed by atoms with Crippen molar-refractivity contribution in [2.45, 2.75) is 26.8 Å². The number of halogens is 1. The molecule has 0 saturated carbocycles. The number of carbonyl (C=O) groups excluding carboxylic acids is 1. The molecule has 0 aliphatic heterocycles. The summed E-state index contributed by atoms with van der Waals surface area (Å²) in [6.07, 6.45) is 3.40. The van der Waals surface area contributed by atoms with Crippen LogP contribution in [-0.4, -0.2) is 20.6 Å². The summed E-state index contributed by atoms with van der Waals surface area (Å²) in [7, 11) is 0. The van der Waals surface area contributed by atoms with Crippen molar-refractivity contribution >= 4 is 28.9 Å². The summed E-state index contributed by atoms with van der Waals surface area (Å²) in [5, 5.41) is 18.7. The number of hydrogen-bond acceptors (Lipinski definition) is 5. The van der Waals surface area contributed by atoms with E-state index < -0.39 is 11.0 Å². The topological polar surface area (TPSA) is 99.3 Å². The molecule has 1 N–H and O–H groups in total. The summed E-state index contributed by atoms with van der Waals surface area (Å²) >= 11 is 5.95. The molecule has 1 heterocycles. The van der Waals surface area contributed by atoms with E-state index in [0.717, 1.165) is 11.1 Å². The third-order valence-corrected chi connectivity index (χ3v) is 4.48. The maximum Gasteiger partial charge on any atom is 0.275 e. The van der Waals surface area contributed by atoms with E-state index >= 15 is 0 Å². The van der Waals surface area contributed by atoms with Gasteiger partial charge in [0, 0.05) is 23.4 Å². The van der Waals surface area contributed by atoms with E-state index in [2.05, 4.69) is 10.4 Å². The second kappa shape index (κ2) is 8.32. The maximum atomic E-state index is 12.6. The first-order valence-corrected chi connectivity index (χ1v) is 9.16. The molecule has 9 heteroatoms. The van der Waals surface area contributed by atoms with Crippen molar-refractivity contribution in [2.75, 3.05) is 5.32 Å². The summed E-state index contributed by atoms with van der Waals surface area (Å²) in [5.41, 5.74) is 1.75. The number of aryl methyl sites for hydroxylation is 2. The predicted octanol–water partition coefficient (Wildman–Crippen LogP) is 5.05. The van der Waals surface area contributed by atoms with Crippen molar-refractivity contribution in [3.63, 3.8) is 0 Å². The lowest BCUT2D eigenvalue weighted by Gasteiger charge is -2.14. The van der Waals surface area contributed by atoms with Gasteiger partial charge >= 0.3 is 0 Å². The average molecular weight is 415 g/mol. The lowest BCUT2D eigenvalue weighted by molar-refractivity contribution is -0.384. The van der Waals surface area contributed by atoms with Crippen LogP contribution in [0.1, 0.15) is 24.1 Å². The summed E-state index contributed by atoms with van der Waals surface area (Å²) in [4.78, 5) is 23.3. The number of non-ortho nitro benzene ring substituents is 1. The predicted molar refractivity (Wildman–Crippen MR) is 110 cm³/mol. The van der Waals surface area contributed by atoms with Gasteiger partial charge in [-0.2, -0.15) is 5.10 Å². The van der Waals surface area contributed by atoms with Gasteiger partial charge in [-0.1, -0.05) is 11.6 Å². The standard InChI is InChI=1S/C20H19ClN4O4/c1-12-10-22-24(11-12)14(3)20(26)23-16-7-17(25(27)28)9-18(8-16)29-19-5-4-15(21)6-13(19)2/h4-11,14H,1-3H3,(H,23,26). The van der Waals surface area contributed by atoms with Crippen LogP contribution >= 0.6 is 11.6 Å². The lowest BCUT2D eigenvalue weighted by atomic mass is 10.2. The van der Waals surface area contributed by atoms with Gasteiger partial charge in [0.2, 0.25) is 5.91 Å². The Hall–Kier alpha value is -3.39. The van der Waals surface area contributed by atoms with Crippen LogP contribution in [-0.2, 0) is 4.79 Å². The van der Waals surface area contributed by atoms with E-state index in [0.29, 0.717) is 10.8 Å². The number of rotatable bonds is 6. The molecule has 1 aromatic heterocycles. The molecule has 1 amide bonds. The fourth-order valence-corrected chi connectivity index (χ4v) is 2.91. The van der Waals surface area contributed by atoms with Crippen molar-refractivity contribution in [3.05, 3.63) is 75.1 Å². The van der Waals surface area contributed by atoms with Crippen LogP contribution in [0.25, 0.3) is 0 Å². The summed E-state index contributed by atoms with van der Waals surface area (Å²) in [6, 6.07) is 8.58. The number of aromatic nitrogens is 2. The number of hydrogen-bond donors (Lipinski definition) is 1. The number of carbonyl (C=O) groups is 1. The Morgan fingerprint density at radius 1 is 1.28 bits per heavy atom. The minimum absolute atomic E-state index is 0.202. The largest absolute Gasteiger partial charge is 0.457 e. The first-order chi connectivity index (χ1) is 13.7. The van der Waals surface area contributed by atoms with Crippen LogP contribution in [0.3, 0.4) is 0 Å². The van der Waals surface area contributed by atoms with Gasteiger partial charge in [0.15, 0.2) is 0 Å². The normalized spacial score (nSPS) is 11.7. The van der Waals surface area contributed by atoms with Crippen molar-refractivity contribution < 1.29 is 14.5 Å². The Morgan fingerprint density at radius 2 is 2.03 bits per heavy atom. The molecular formula is C20H19ClN4O4. The van der Waals surface area contributed by atoms with Crippen molar-refractivity contribution in [1.29, 1.82) is 0 Å². The van der Waals surface area contributed by atoms with Crippen molar-refractivity contribution in [2.24, 2.45) is 0 Å². The van der Waals surface area contributed by atoms with E-state index in [1.165, 1.54) is 22.9 Å². The molecule has 0 aliphatic carbocycles. The zero-order chi connectivity index (χ0) is 21.1. The summed E-state index contributed by atoms with van der Waals surface area (Å²) in [6.45, 7) is 5.37. The molecule has 0 fully saturated rings. The second-order valence-electron chi connectivity index (χ2n) is 6.65. The fraction of sp³-hybridized carbons (Fsp3) is 0.200. The molecule has 150 valence electrons. The van der Waals surface area contributed by atoms with Crippen LogP contribution in [0.5, 0.6) is 11.5 Å². The van der Waals surface area contributed by atoms with Crippen LogP contribution in [0.15, 0.2) is 48.8 Å². The first-order valence-electron chi connectivity index (χ1n) is 8.78. The molecule has 1 unspecified atom stereocenters. The fourth-order valence-electron chi connectivity index (χ4n) is 2.69. The van der Waals surface area contributed by atoms with Gasteiger partial charge in [-0.3, -0.25) is 19.6 Å². The average Bonchev–Trinajstić information content (AvgIpc) is 3.09. The van der Waals surface area contributed by atoms with Gasteiger partial charge in [-0.15, -0.1) is 0 Å². The Bertz CT molecular complexity index is 1080. The third-order valence-electron chi connectivity index (χ3n) is 4.24. The van der Waals surface area contributed by atoms with Gasteiger partial charge in [-0.05, 0) is 50.1 Å². The molecule has 1 atom stereocenters. The minimum Gasteiger partial charge on any atom is -0.457 e. The maximum absolute atomic E-state index is 12.6. The SMILES string of the molecule is Cc1cnn(C(C)C(=O)Nc2cc(Oc3ccc(Cl)cc3C)cc([N+](=O)[O-])c2)c1. The van der Waals surface area contributed by atoms with Crippen molar-refractivity contribution in [1.82, 2.24) is 9.78 Å². The molecule has 0 aliphatic rings. The van der Waals surface area contributed by atoms with E-state index in [-0.39, 0.29) is 23.0 Å². The van der Waals surface area contributed by atoms with E-state index in [9.17, 15) is 14.9 Å². The van der Waals surface area contributed by atoms with Crippen LogP contribution in [0.2, 0.25) is 5.02 Å². The third kappa shape index (κ3) is 4.91. The number of nitrogens with zero attached hydrogens (tertiary/aromatic N) is 3. The van der Waals surface area contributed by atoms with Gasteiger partial charge in [0.05, 0.1) is 22.9 Å². The molecule has 3 aromatic rings. The van der Waals surface area contributed by atoms with Crippen LogP contribution in [0.4, 0.5) is 11.4 Å². The molecule has 0 saturated heterocycles. The quantitative estimate of drug-likeness (QED) is 0.449. The van der Waals surface area contributed by atoms with Crippen molar-refractivity contribution in [3.8, 4) is 11.5 Å². The molecule has 29 heavy (non-hydrogen) atoms. The summed E-state index contributed by atoms with van der Waals surface area (Å²) in [5.74, 6) is 0.372. The number of nitrogens with one attached hydrogen (secondary N) is 1. The number of nitro groups is 1. The van der Waals surface area contributed by atoms with E-state index in [4.69, 9.17) is 16.3 Å². The molecule has 0 spiro atoms. The highest BCUT2D eigenvalue weighted by molar-refractivity contribution is 6.30. The highest BCUT2D eigenvalue weighted by Crippen LogP contribution is 2.32. The Morgan fingerprint density at radius 3 is 2.66 bits per heavy atom. The number of nitro benzene ring substituents is 1.